The predicted octanol–water partition coefficient (Wildman–Crippen LogP) is 4.40. The summed E-state index contributed by atoms with van der Waals surface area (Å²) in [4.78, 5) is 1.68. The highest BCUT2D eigenvalue weighted by molar-refractivity contribution is 8.25. The Bertz CT molecular complexity index is 661. The molecule has 0 spiro atoms. The fraction of sp³-hybridized carbons (Fsp3) is 0.294. The second-order valence-electron chi connectivity index (χ2n) is 5.35. The van der Waals surface area contributed by atoms with Crippen molar-refractivity contribution in [2.24, 2.45) is 0 Å². The molecule has 0 fully saturated rings. The van der Waals surface area contributed by atoms with E-state index in [-0.39, 0.29) is 11.9 Å². The molecule has 0 amide bonds. The topological polar surface area (TPSA) is 69.9 Å². The standard InChI is InChI=1S/C17H20O4S2/c18-10-5-11-21-14-8-4-9-16-17(14)15(12-23(16,19)20)22-13-6-2-1-3-7-13/h1-4,6-9,15,18-20H,5,10-12H2. The lowest BCUT2D eigenvalue weighted by atomic mass is 10.1. The Morgan fingerprint density at radius 1 is 1.09 bits per heavy atom. The van der Waals surface area contributed by atoms with Crippen molar-refractivity contribution in [2.45, 2.75) is 21.5 Å². The van der Waals surface area contributed by atoms with Gasteiger partial charge in [-0.05, 0) is 24.3 Å². The lowest BCUT2D eigenvalue weighted by Crippen LogP contribution is -2.03. The van der Waals surface area contributed by atoms with Gasteiger partial charge in [-0.1, -0.05) is 24.3 Å². The minimum Gasteiger partial charge on any atom is -0.493 e. The third kappa shape index (κ3) is 3.67. The monoisotopic (exact) mass is 352 g/mol. The molecule has 1 unspecified atom stereocenters. The largest absolute Gasteiger partial charge is 0.493 e. The Kier molecular flexibility index (Phi) is 5.18. The van der Waals surface area contributed by atoms with Gasteiger partial charge in [0.25, 0.3) is 0 Å². The van der Waals surface area contributed by atoms with Gasteiger partial charge >= 0.3 is 0 Å². The van der Waals surface area contributed by atoms with Crippen molar-refractivity contribution in [1.82, 2.24) is 0 Å². The number of benzene rings is 2. The number of hydrogen-bond donors (Lipinski definition) is 3. The molecule has 23 heavy (non-hydrogen) atoms. The van der Waals surface area contributed by atoms with Gasteiger partial charge in [-0.15, -0.1) is 11.8 Å². The van der Waals surface area contributed by atoms with Crippen LogP contribution in [0.1, 0.15) is 17.2 Å². The molecular formula is C17H20O4S2. The molecule has 2 aromatic carbocycles. The van der Waals surface area contributed by atoms with Crippen molar-refractivity contribution in [2.75, 3.05) is 19.0 Å². The van der Waals surface area contributed by atoms with Crippen LogP contribution in [0.2, 0.25) is 0 Å². The quantitative estimate of drug-likeness (QED) is 0.672. The van der Waals surface area contributed by atoms with Crippen molar-refractivity contribution in [3.8, 4) is 5.75 Å². The summed E-state index contributed by atoms with van der Waals surface area (Å²) in [5, 5.41) is 8.85. The molecule has 0 bridgehead atoms. The number of aliphatic hydroxyl groups is 1. The van der Waals surface area contributed by atoms with E-state index >= 15 is 0 Å². The van der Waals surface area contributed by atoms with E-state index in [0.29, 0.717) is 29.4 Å². The Morgan fingerprint density at radius 2 is 1.87 bits per heavy atom. The molecule has 124 valence electrons. The summed E-state index contributed by atoms with van der Waals surface area (Å²) in [6.07, 6.45) is 0.552. The summed E-state index contributed by atoms with van der Waals surface area (Å²) in [7, 11) is -2.78. The van der Waals surface area contributed by atoms with Crippen LogP contribution in [-0.4, -0.2) is 33.2 Å². The van der Waals surface area contributed by atoms with Crippen LogP contribution in [0.5, 0.6) is 5.75 Å². The maximum absolute atomic E-state index is 10.4. The first-order chi connectivity index (χ1) is 11.1. The van der Waals surface area contributed by atoms with Crippen molar-refractivity contribution >= 4 is 22.4 Å². The van der Waals surface area contributed by atoms with Crippen LogP contribution >= 0.6 is 22.4 Å². The average molecular weight is 352 g/mol. The Morgan fingerprint density at radius 3 is 2.61 bits per heavy atom. The minimum absolute atomic E-state index is 0.0530. The molecule has 1 atom stereocenters. The fourth-order valence-electron chi connectivity index (χ4n) is 2.64. The van der Waals surface area contributed by atoms with E-state index < -0.39 is 10.6 Å². The van der Waals surface area contributed by atoms with E-state index in [1.807, 2.05) is 36.4 Å². The Balaban J connectivity index is 1.90. The van der Waals surface area contributed by atoms with Crippen LogP contribution in [-0.2, 0) is 0 Å². The lowest BCUT2D eigenvalue weighted by molar-refractivity contribution is 0.232. The summed E-state index contributed by atoms with van der Waals surface area (Å²) in [5.74, 6) is 0.990. The van der Waals surface area contributed by atoms with Crippen molar-refractivity contribution < 1.29 is 18.9 Å². The van der Waals surface area contributed by atoms with Crippen LogP contribution in [0.4, 0.5) is 0 Å². The lowest BCUT2D eigenvalue weighted by Gasteiger charge is -2.27. The molecule has 6 heteroatoms. The van der Waals surface area contributed by atoms with Crippen molar-refractivity contribution in [3.63, 3.8) is 0 Å². The molecule has 0 saturated heterocycles. The predicted molar refractivity (Wildman–Crippen MR) is 94.7 cm³/mol. The van der Waals surface area contributed by atoms with Gasteiger partial charge in [0.1, 0.15) is 5.75 Å². The highest BCUT2D eigenvalue weighted by atomic mass is 32.3. The van der Waals surface area contributed by atoms with Crippen molar-refractivity contribution in [1.29, 1.82) is 0 Å². The van der Waals surface area contributed by atoms with Crippen molar-refractivity contribution in [3.05, 3.63) is 54.1 Å². The van der Waals surface area contributed by atoms with E-state index in [1.165, 1.54) is 0 Å². The summed E-state index contributed by atoms with van der Waals surface area (Å²) < 4.78 is 26.6. The molecule has 0 aliphatic carbocycles. The second kappa shape index (κ2) is 7.15. The molecule has 2 aromatic rings. The molecule has 4 nitrogen and oxygen atoms in total. The smallest absolute Gasteiger partial charge is 0.125 e. The average Bonchev–Trinajstić information content (AvgIpc) is 2.80. The maximum Gasteiger partial charge on any atom is 0.125 e. The number of ether oxygens (including phenoxy) is 1. The SMILES string of the molecule is OCCCOc1cccc2c1C(Sc1ccccc1)CS2(O)O. The third-order valence-corrected chi connectivity index (χ3v) is 6.97. The van der Waals surface area contributed by atoms with E-state index in [9.17, 15) is 9.11 Å². The Labute approximate surface area is 141 Å². The molecule has 0 saturated carbocycles. The highest BCUT2D eigenvalue weighted by Crippen LogP contribution is 2.64. The number of hydrogen-bond acceptors (Lipinski definition) is 5. The summed E-state index contributed by atoms with van der Waals surface area (Å²) in [6, 6.07) is 15.4. The molecule has 0 radical (unpaired) electrons. The first kappa shape index (κ1) is 16.7. The Hall–Kier alpha value is -1.18. The van der Waals surface area contributed by atoms with E-state index in [0.717, 1.165) is 10.5 Å². The number of fused-ring (bicyclic) bond motifs is 1. The fourth-order valence-corrected chi connectivity index (χ4v) is 6.22. The number of rotatable bonds is 6. The molecule has 0 aromatic heterocycles. The van der Waals surface area contributed by atoms with Gasteiger partial charge in [-0.2, -0.15) is 10.6 Å². The molecule has 1 aliphatic heterocycles. The maximum atomic E-state index is 10.4. The molecular weight excluding hydrogens is 332 g/mol. The van der Waals surface area contributed by atoms with E-state index in [2.05, 4.69) is 0 Å². The summed E-state index contributed by atoms with van der Waals surface area (Å²) >= 11 is 1.62. The van der Waals surface area contributed by atoms with Crippen LogP contribution < -0.4 is 4.74 Å². The zero-order valence-electron chi connectivity index (χ0n) is 12.6. The van der Waals surface area contributed by atoms with E-state index in [1.54, 1.807) is 23.9 Å². The number of aliphatic hydroxyl groups excluding tert-OH is 1. The molecule has 3 N–H and O–H groups in total. The first-order valence-electron chi connectivity index (χ1n) is 7.46. The third-order valence-electron chi connectivity index (χ3n) is 3.67. The molecule has 1 aliphatic rings. The van der Waals surface area contributed by atoms with Gasteiger partial charge in [0.15, 0.2) is 0 Å². The zero-order valence-corrected chi connectivity index (χ0v) is 14.2. The van der Waals surface area contributed by atoms with E-state index in [4.69, 9.17) is 9.84 Å². The van der Waals surface area contributed by atoms with Crippen LogP contribution in [0.3, 0.4) is 0 Å². The second-order valence-corrected chi connectivity index (χ2v) is 8.73. The minimum atomic E-state index is -2.78. The van der Waals surface area contributed by atoms with Gasteiger partial charge < -0.3 is 9.84 Å². The molecule has 3 rings (SSSR count). The van der Waals surface area contributed by atoms with Crippen LogP contribution in [0, 0.1) is 0 Å². The van der Waals surface area contributed by atoms with Gasteiger partial charge in [-0.3, -0.25) is 9.11 Å². The zero-order chi connectivity index (χ0) is 16.3. The van der Waals surface area contributed by atoms with Gasteiger partial charge in [0.05, 0.1) is 22.5 Å². The van der Waals surface area contributed by atoms with Gasteiger partial charge in [0, 0.05) is 23.5 Å². The highest BCUT2D eigenvalue weighted by Gasteiger charge is 2.38. The number of thioether (sulfide) groups is 1. The van der Waals surface area contributed by atoms with Gasteiger partial charge in [0.2, 0.25) is 0 Å². The summed E-state index contributed by atoms with van der Waals surface area (Å²) in [5.41, 5.74) is 0.874. The summed E-state index contributed by atoms with van der Waals surface area (Å²) in [6.45, 7) is 0.487. The first-order valence-corrected chi connectivity index (χ1v) is 10.1. The van der Waals surface area contributed by atoms with Crippen LogP contribution in [0.25, 0.3) is 0 Å². The normalized spacial score (nSPS) is 20.0. The van der Waals surface area contributed by atoms with Gasteiger partial charge in [-0.25, -0.2) is 0 Å². The molecule has 1 heterocycles. The van der Waals surface area contributed by atoms with Crippen LogP contribution in [0.15, 0.2) is 58.3 Å².